The zero-order valence-corrected chi connectivity index (χ0v) is 8.60. The van der Waals surface area contributed by atoms with Crippen molar-refractivity contribution in [3.8, 4) is 0 Å². The highest BCUT2D eigenvalue weighted by Gasteiger charge is 2.37. The zero-order chi connectivity index (χ0) is 10.2. The van der Waals surface area contributed by atoms with Crippen LogP contribution in [0.1, 0.15) is 31.7 Å². The number of nitrogens with zero attached hydrogens (tertiary/aromatic N) is 2. The fraction of sp³-hybridized carbons (Fsp3) is 0.700. The average molecular weight is 196 g/mol. The molecule has 1 aliphatic rings. The van der Waals surface area contributed by atoms with Crippen molar-refractivity contribution in [3.05, 3.63) is 18.2 Å². The lowest BCUT2D eigenvalue weighted by Gasteiger charge is -2.21. The van der Waals surface area contributed by atoms with Gasteiger partial charge in [-0.25, -0.2) is 4.98 Å². The van der Waals surface area contributed by atoms with Crippen LogP contribution in [-0.4, -0.2) is 26.9 Å². The first kappa shape index (κ1) is 9.68. The second kappa shape index (κ2) is 3.37. The minimum absolute atomic E-state index is 0.0344. The highest BCUT2D eigenvalue weighted by Crippen LogP contribution is 2.37. The Bertz CT molecular complexity index is 324. The Morgan fingerprint density at radius 1 is 1.79 bits per heavy atom. The van der Waals surface area contributed by atoms with E-state index in [4.69, 9.17) is 9.84 Å². The average Bonchev–Trinajstić information content (AvgIpc) is 2.73. The highest BCUT2D eigenvalue weighted by molar-refractivity contribution is 5.00. The summed E-state index contributed by atoms with van der Waals surface area (Å²) in [4.78, 5) is 4.25. The summed E-state index contributed by atoms with van der Waals surface area (Å²) >= 11 is 0. The molecule has 0 bridgehead atoms. The lowest BCUT2D eigenvalue weighted by molar-refractivity contribution is -0.0650. The van der Waals surface area contributed by atoms with Crippen LogP contribution < -0.4 is 0 Å². The van der Waals surface area contributed by atoms with Crippen molar-refractivity contribution >= 4 is 0 Å². The maximum atomic E-state index is 9.16. The molecule has 2 atom stereocenters. The van der Waals surface area contributed by atoms with E-state index in [0.717, 1.165) is 18.7 Å². The third kappa shape index (κ3) is 1.55. The lowest BCUT2D eigenvalue weighted by atomic mass is 10.0. The third-order valence-electron chi connectivity index (χ3n) is 2.84. The van der Waals surface area contributed by atoms with Gasteiger partial charge in [0.25, 0.3) is 0 Å². The molecule has 1 aromatic heterocycles. The van der Waals surface area contributed by atoms with Gasteiger partial charge in [0.2, 0.25) is 0 Å². The molecule has 2 heterocycles. The van der Waals surface area contributed by atoms with Crippen LogP contribution in [0.15, 0.2) is 12.4 Å². The van der Waals surface area contributed by atoms with Crippen LogP contribution in [0.25, 0.3) is 0 Å². The fourth-order valence-corrected chi connectivity index (χ4v) is 1.88. The van der Waals surface area contributed by atoms with Gasteiger partial charge in [-0.2, -0.15) is 0 Å². The first-order valence-electron chi connectivity index (χ1n) is 4.90. The van der Waals surface area contributed by atoms with Crippen LogP contribution in [0.5, 0.6) is 0 Å². The summed E-state index contributed by atoms with van der Waals surface area (Å²) in [6.07, 6.45) is 5.54. The van der Waals surface area contributed by atoms with Crippen LogP contribution in [-0.2, 0) is 11.8 Å². The van der Waals surface area contributed by atoms with Crippen LogP contribution >= 0.6 is 0 Å². The Morgan fingerprint density at radius 3 is 3.07 bits per heavy atom. The molecule has 78 valence electrons. The summed E-state index contributed by atoms with van der Waals surface area (Å²) < 4.78 is 7.76. The van der Waals surface area contributed by atoms with Gasteiger partial charge in [0.15, 0.2) is 0 Å². The normalized spacial score (nSPS) is 32.4. The topological polar surface area (TPSA) is 47.3 Å². The smallest absolute Gasteiger partial charge is 0.137 e. The van der Waals surface area contributed by atoms with E-state index in [2.05, 4.69) is 4.98 Å². The molecular formula is C10H16N2O2. The molecule has 2 rings (SSSR count). The third-order valence-corrected chi connectivity index (χ3v) is 2.84. The number of hydrogen-bond donors (Lipinski definition) is 1. The van der Waals surface area contributed by atoms with Gasteiger partial charge < -0.3 is 14.4 Å². The number of imidazole rings is 1. The van der Waals surface area contributed by atoms with E-state index in [1.54, 1.807) is 6.20 Å². The van der Waals surface area contributed by atoms with Crippen molar-refractivity contribution < 1.29 is 9.84 Å². The number of aliphatic hydroxyl groups excluding tert-OH is 1. The number of hydrogen-bond acceptors (Lipinski definition) is 3. The standard InChI is InChI=1S/C10H16N2O2/c1-10(7-13)4-3-8(14-10)9-11-5-6-12(9)2/h5-6,8,13H,3-4,7H2,1-2H3. The molecular weight excluding hydrogens is 180 g/mol. The minimum atomic E-state index is -0.378. The van der Waals surface area contributed by atoms with Gasteiger partial charge in [-0.1, -0.05) is 0 Å². The molecule has 0 saturated carbocycles. The van der Waals surface area contributed by atoms with Crippen molar-refractivity contribution in [2.75, 3.05) is 6.61 Å². The molecule has 2 unspecified atom stereocenters. The maximum Gasteiger partial charge on any atom is 0.137 e. The zero-order valence-electron chi connectivity index (χ0n) is 8.60. The second-order valence-corrected chi connectivity index (χ2v) is 4.15. The molecule has 4 nitrogen and oxygen atoms in total. The monoisotopic (exact) mass is 196 g/mol. The van der Waals surface area contributed by atoms with Crippen LogP contribution in [0.3, 0.4) is 0 Å². The van der Waals surface area contributed by atoms with Crippen LogP contribution in [0.4, 0.5) is 0 Å². The molecule has 0 spiro atoms. The molecule has 0 aromatic carbocycles. The summed E-state index contributed by atoms with van der Waals surface area (Å²) in [6, 6.07) is 0. The predicted molar refractivity (Wildman–Crippen MR) is 51.8 cm³/mol. The van der Waals surface area contributed by atoms with E-state index in [9.17, 15) is 0 Å². The number of ether oxygens (including phenoxy) is 1. The molecule has 14 heavy (non-hydrogen) atoms. The number of aryl methyl sites for hydroxylation is 1. The van der Waals surface area contributed by atoms with E-state index in [0.29, 0.717) is 0 Å². The molecule has 0 radical (unpaired) electrons. The quantitative estimate of drug-likeness (QED) is 0.768. The van der Waals surface area contributed by atoms with E-state index >= 15 is 0 Å². The first-order valence-corrected chi connectivity index (χ1v) is 4.90. The van der Waals surface area contributed by atoms with E-state index < -0.39 is 0 Å². The molecule has 0 aliphatic carbocycles. The molecule has 1 aromatic rings. The minimum Gasteiger partial charge on any atom is -0.393 e. The fourth-order valence-electron chi connectivity index (χ4n) is 1.88. The SMILES string of the molecule is Cn1ccnc1C1CCC(C)(CO)O1. The molecule has 1 fully saturated rings. The van der Waals surface area contributed by atoms with E-state index in [1.165, 1.54) is 0 Å². The molecule has 1 saturated heterocycles. The summed E-state index contributed by atoms with van der Waals surface area (Å²) in [6.45, 7) is 2.02. The number of rotatable bonds is 2. The van der Waals surface area contributed by atoms with Gasteiger partial charge >= 0.3 is 0 Å². The summed E-state index contributed by atoms with van der Waals surface area (Å²) in [5.41, 5.74) is -0.378. The predicted octanol–water partition coefficient (Wildman–Crippen LogP) is 1.02. The largest absolute Gasteiger partial charge is 0.393 e. The van der Waals surface area contributed by atoms with Gasteiger partial charge in [-0.05, 0) is 19.8 Å². The Balaban J connectivity index is 2.13. The Morgan fingerprint density at radius 2 is 2.57 bits per heavy atom. The van der Waals surface area contributed by atoms with E-state index in [-0.39, 0.29) is 18.3 Å². The van der Waals surface area contributed by atoms with Crippen LogP contribution in [0, 0.1) is 0 Å². The Kier molecular flexibility index (Phi) is 2.33. The van der Waals surface area contributed by atoms with Crippen molar-refractivity contribution in [1.29, 1.82) is 0 Å². The number of aliphatic hydroxyl groups is 1. The molecule has 4 heteroatoms. The van der Waals surface area contributed by atoms with Crippen molar-refractivity contribution in [2.45, 2.75) is 31.5 Å². The van der Waals surface area contributed by atoms with Crippen molar-refractivity contribution in [3.63, 3.8) is 0 Å². The Hall–Kier alpha value is -0.870. The van der Waals surface area contributed by atoms with Gasteiger partial charge in [-0.15, -0.1) is 0 Å². The van der Waals surface area contributed by atoms with Crippen molar-refractivity contribution in [1.82, 2.24) is 9.55 Å². The van der Waals surface area contributed by atoms with Gasteiger partial charge in [0.1, 0.15) is 11.9 Å². The highest BCUT2D eigenvalue weighted by atomic mass is 16.5. The lowest BCUT2D eigenvalue weighted by Crippen LogP contribution is -2.28. The van der Waals surface area contributed by atoms with Gasteiger partial charge in [-0.3, -0.25) is 0 Å². The summed E-state index contributed by atoms with van der Waals surface area (Å²) in [5.74, 6) is 0.946. The first-order chi connectivity index (χ1) is 6.64. The molecule has 0 amide bonds. The van der Waals surface area contributed by atoms with E-state index in [1.807, 2.05) is 24.7 Å². The van der Waals surface area contributed by atoms with Crippen molar-refractivity contribution in [2.24, 2.45) is 7.05 Å². The Labute approximate surface area is 83.5 Å². The molecule has 1 N–H and O–H groups in total. The summed E-state index contributed by atoms with van der Waals surface area (Å²) in [5, 5.41) is 9.16. The van der Waals surface area contributed by atoms with Gasteiger partial charge in [0, 0.05) is 19.4 Å². The number of aromatic nitrogens is 2. The maximum absolute atomic E-state index is 9.16. The molecule has 1 aliphatic heterocycles. The van der Waals surface area contributed by atoms with Crippen LogP contribution in [0.2, 0.25) is 0 Å². The second-order valence-electron chi connectivity index (χ2n) is 4.15. The van der Waals surface area contributed by atoms with Gasteiger partial charge in [0.05, 0.1) is 12.2 Å². The summed E-state index contributed by atoms with van der Waals surface area (Å²) in [7, 11) is 1.96.